The van der Waals surface area contributed by atoms with E-state index in [4.69, 9.17) is 37.0 Å². The van der Waals surface area contributed by atoms with Crippen molar-refractivity contribution in [2.24, 2.45) is 11.8 Å². The maximum atomic E-state index is 13.1. The third kappa shape index (κ3) is 74.1. The average molecular weight is 1450 g/mol. The van der Waals surface area contributed by atoms with Gasteiger partial charge < -0.3 is 33.8 Å². The third-order valence-electron chi connectivity index (χ3n) is 18.7. The van der Waals surface area contributed by atoms with Crippen LogP contribution < -0.4 is 0 Å². The van der Waals surface area contributed by atoms with Crippen LogP contribution in [-0.2, 0) is 65.4 Å². The van der Waals surface area contributed by atoms with Crippen molar-refractivity contribution in [2.45, 2.75) is 439 Å². The Balaban J connectivity index is 5.19. The van der Waals surface area contributed by atoms with E-state index >= 15 is 0 Å². The lowest BCUT2D eigenvalue weighted by atomic mass is 10.0. The predicted octanol–water partition coefficient (Wildman–Crippen LogP) is 23.9. The molecule has 588 valence electrons. The molecule has 0 aliphatic heterocycles. The molecule has 0 saturated heterocycles. The quantitative estimate of drug-likeness (QED) is 0.0222. The van der Waals surface area contributed by atoms with E-state index in [2.05, 4.69) is 41.5 Å². The van der Waals surface area contributed by atoms with Crippen LogP contribution in [0.25, 0.3) is 0 Å². The molecule has 5 atom stereocenters. The van der Waals surface area contributed by atoms with Gasteiger partial charge in [-0.2, -0.15) is 0 Å². The smallest absolute Gasteiger partial charge is 0.462 e. The maximum absolute atomic E-state index is 13.1. The Bertz CT molecular complexity index is 1910. The summed E-state index contributed by atoms with van der Waals surface area (Å²) in [5.41, 5.74) is 0. The topological polar surface area (TPSA) is 237 Å². The van der Waals surface area contributed by atoms with E-state index in [9.17, 15) is 43.2 Å². The molecule has 19 heteroatoms. The molecule has 0 saturated carbocycles. The van der Waals surface area contributed by atoms with Gasteiger partial charge in [-0.3, -0.25) is 37.3 Å². The minimum atomic E-state index is -4.96. The fraction of sp³-hybridized carbons (Fsp3) is 0.950. The number of carbonyl (C=O) groups is 4. The number of carbonyl (C=O) groups excluding carboxylic acids is 4. The van der Waals surface area contributed by atoms with Crippen molar-refractivity contribution in [1.29, 1.82) is 0 Å². The van der Waals surface area contributed by atoms with Crippen LogP contribution in [0.4, 0.5) is 0 Å². The molecular weight excluding hydrogens is 1290 g/mol. The summed E-state index contributed by atoms with van der Waals surface area (Å²) >= 11 is 0. The Morgan fingerprint density at radius 3 is 0.687 bits per heavy atom. The van der Waals surface area contributed by atoms with Crippen LogP contribution in [0.3, 0.4) is 0 Å². The Morgan fingerprint density at radius 1 is 0.273 bits per heavy atom. The van der Waals surface area contributed by atoms with Crippen LogP contribution >= 0.6 is 15.6 Å². The first kappa shape index (κ1) is 97.1. The predicted molar refractivity (Wildman–Crippen MR) is 405 cm³/mol. The first-order valence-corrected chi connectivity index (χ1v) is 44.5. The number of ether oxygens (including phenoxy) is 4. The van der Waals surface area contributed by atoms with Gasteiger partial charge in [-0.15, -0.1) is 0 Å². The molecule has 3 N–H and O–H groups in total. The number of unbranched alkanes of at least 4 members (excludes halogenated alkanes) is 49. The monoisotopic (exact) mass is 1450 g/mol. The zero-order valence-corrected chi connectivity index (χ0v) is 66.6. The summed E-state index contributed by atoms with van der Waals surface area (Å²) in [5, 5.41) is 10.6. The Hall–Kier alpha value is -1.94. The van der Waals surface area contributed by atoms with Crippen LogP contribution in [0.1, 0.15) is 420 Å². The Morgan fingerprint density at radius 2 is 0.465 bits per heavy atom. The van der Waals surface area contributed by atoms with Gasteiger partial charge in [-0.25, -0.2) is 9.13 Å². The fourth-order valence-corrected chi connectivity index (χ4v) is 13.9. The van der Waals surface area contributed by atoms with E-state index in [-0.39, 0.29) is 25.7 Å². The van der Waals surface area contributed by atoms with Gasteiger partial charge in [0.05, 0.1) is 26.4 Å². The van der Waals surface area contributed by atoms with Crippen molar-refractivity contribution in [3.63, 3.8) is 0 Å². The summed E-state index contributed by atoms with van der Waals surface area (Å²) < 4.78 is 68.6. The number of hydrogen-bond donors (Lipinski definition) is 3. The molecule has 0 aromatic rings. The van der Waals surface area contributed by atoms with E-state index in [0.29, 0.717) is 25.7 Å². The van der Waals surface area contributed by atoms with Gasteiger partial charge in [-0.1, -0.05) is 369 Å². The summed E-state index contributed by atoms with van der Waals surface area (Å²) in [7, 11) is -9.91. The Kier molecular flexibility index (Phi) is 70.3. The second-order valence-electron chi connectivity index (χ2n) is 29.8. The highest BCUT2D eigenvalue weighted by molar-refractivity contribution is 7.47. The maximum Gasteiger partial charge on any atom is 0.472 e. The standard InChI is InChI=1S/C80H156O17P2/c1-7-9-11-13-15-17-18-19-20-21-22-23-24-25-26-27-35-40-46-52-58-64-79(84)97-76(69-91-78(83)63-57-51-45-39-34-30-28-32-37-42-48-54-60-72(3)4)71-95-99(88,89)93-67-74(81)66-92-98(86,87)94-70-75(68-90-77(82)62-56-50-44-16-14-12-10-8-2)96-80(85)65-59-53-47-41-36-31-29-33-38-43-49-55-61-73(5)6/h72-76,81H,7-71H2,1-6H3,(H,86,87)(H,88,89)/t74-,75+,76+/m0/s1. The molecule has 0 rings (SSSR count). The fourth-order valence-electron chi connectivity index (χ4n) is 12.4. The molecule has 2 unspecified atom stereocenters. The minimum absolute atomic E-state index is 0.107. The van der Waals surface area contributed by atoms with Crippen LogP contribution in [0.2, 0.25) is 0 Å². The number of phosphoric ester groups is 2. The van der Waals surface area contributed by atoms with E-state index in [0.717, 1.165) is 108 Å². The molecule has 0 bridgehead atoms. The van der Waals surface area contributed by atoms with Crippen molar-refractivity contribution in [2.75, 3.05) is 39.6 Å². The summed E-state index contributed by atoms with van der Waals surface area (Å²) in [6.07, 6.45) is 61.2. The number of aliphatic hydroxyl groups excluding tert-OH is 1. The summed E-state index contributed by atoms with van der Waals surface area (Å²) in [4.78, 5) is 72.9. The molecule has 0 aliphatic rings. The number of esters is 4. The molecule has 0 fully saturated rings. The van der Waals surface area contributed by atoms with Gasteiger partial charge in [0.2, 0.25) is 0 Å². The largest absolute Gasteiger partial charge is 0.472 e. The molecule has 0 radical (unpaired) electrons. The highest BCUT2D eigenvalue weighted by atomic mass is 31.2. The molecule has 0 aliphatic carbocycles. The number of aliphatic hydroxyl groups is 1. The van der Waals surface area contributed by atoms with E-state index in [1.807, 2.05) is 0 Å². The van der Waals surface area contributed by atoms with Gasteiger partial charge >= 0.3 is 39.5 Å². The normalized spacial score (nSPS) is 13.9. The highest BCUT2D eigenvalue weighted by Gasteiger charge is 2.30. The van der Waals surface area contributed by atoms with Crippen LogP contribution in [0.15, 0.2) is 0 Å². The molecule has 17 nitrogen and oxygen atoms in total. The third-order valence-corrected chi connectivity index (χ3v) is 20.6. The lowest BCUT2D eigenvalue weighted by Crippen LogP contribution is -2.30. The van der Waals surface area contributed by atoms with E-state index < -0.39 is 97.5 Å². The molecular formula is C80H156O17P2. The first-order chi connectivity index (χ1) is 47.9. The van der Waals surface area contributed by atoms with Gasteiger partial charge in [-0.05, 0) is 37.5 Å². The zero-order chi connectivity index (χ0) is 72.8. The molecule has 99 heavy (non-hydrogen) atoms. The van der Waals surface area contributed by atoms with Crippen LogP contribution in [0, 0.1) is 11.8 Å². The molecule has 0 spiro atoms. The molecule has 0 aromatic carbocycles. The second-order valence-corrected chi connectivity index (χ2v) is 32.7. The van der Waals surface area contributed by atoms with Crippen molar-refractivity contribution >= 4 is 39.5 Å². The summed E-state index contributed by atoms with van der Waals surface area (Å²) in [5.74, 6) is -0.554. The van der Waals surface area contributed by atoms with Crippen molar-refractivity contribution in [3.8, 4) is 0 Å². The van der Waals surface area contributed by atoms with Gasteiger partial charge in [0.1, 0.15) is 19.3 Å². The van der Waals surface area contributed by atoms with Crippen LogP contribution in [-0.4, -0.2) is 96.7 Å². The summed E-state index contributed by atoms with van der Waals surface area (Å²) in [6, 6.07) is 0. The van der Waals surface area contributed by atoms with Gasteiger partial charge in [0, 0.05) is 25.7 Å². The van der Waals surface area contributed by atoms with E-state index in [1.54, 1.807) is 0 Å². The Labute approximate surface area is 607 Å². The summed E-state index contributed by atoms with van der Waals surface area (Å²) in [6.45, 7) is 9.62. The zero-order valence-electron chi connectivity index (χ0n) is 64.8. The van der Waals surface area contributed by atoms with Gasteiger partial charge in [0.25, 0.3) is 0 Å². The second kappa shape index (κ2) is 71.7. The SMILES string of the molecule is CCCCCCCCCCCCCCCCCCCCCCCC(=O)O[C@H](COC(=O)CCCCCCCCCCCCCCC(C)C)COP(=O)(O)OC[C@@H](O)COP(=O)(O)OC[C@@H](COC(=O)CCCCCCCCCC)OC(=O)CCCCCCCCCCCCCCC(C)C. The van der Waals surface area contributed by atoms with Gasteiger partial charge in [0.15, 0.2) is 12.2 Å². The van der Waals surface area contributed by atoms with Crippen LogP contribution in [0.5, 0.6) is 0 Å². The number of hydrogen-bond acceptors (Lipinski definition) is 15. The highest BCUT2D eigenvalue weighted by Crippen LogP contribution is 2.45. The lowest BCUT2D eigenvalue weighted by Gasteiger charge is -2.21. The molecule has 0 amide bonds. The lowest BCUT2D eigenvalue weighted by molar-refractivity contribution is -0.161. The minimum Gasteiger partial charge on any atom is -0.462 e. The van der Waals surface area contributed by atoms with Crippen molar-refractivity contribution in [1.82, 2.24) is 0 Å². The molecule has 0 heterocycles. The van der Waals surface area contributed by atoms with E-state index in [1.165, 1.54) is 231 Å². The average Bonchev–Trinajstić information content (AvgIpc) is 0.997. The first-order valence-electron chi connectivity index (χ1n) is 41.5. The van der Waals surface area contributed by atoms with Crippen molar-refractivity contribution in [3.05, 3.63) is 0 Å². The number of rotatable bonds is 79. The van der Waals surface area contributed by atoms with Crippen molar-refractivity contribution < 1.29 is 80.2 Å². The number of phosphoric acid groups is 2. The molecule has 0 aromatic heterocycles.